The van der Waals surface area contributed by atoms with Gasteiger partial charge < -0.3 is 5.32 Å². The molecule has 1 atom stereocenters. The van der Waals surface area contributed by atoms with Gasteiger partial charge in [-0.25, -0.2) is 0 Å². The second-order valence-electron chi connectivity index (χ2n) is 4.06. The third-order valence-corrected chi connectivity index (χ3v) is 4.76. The minimum Gasteiger partial charge on any atom is -0.377 e. The molecule has 1 nitrogen and oxygen atoms in total. The Morgan fingerprint density at radius 3 is 2.82 bits per heavy atom. The summed E-state index contributed by atoms with van der Waals surface area (Å²) in [5.74, 6) is 0. The lowest BCUT2D eigenvalue weighted by atomic mass is 10.2. The molecule has 1 N–H and O–H groups in total. The summed E-state index contributed by atoms with van der Waals surface area (Å²) in [4.78, 5) is 1.39. The first-order valence-corrected chi connectivity index (χ1v) is 7.36. The minimum atomic E-state index is 0.363. The van der Waals surface area contributed by atoms with E-state index in [0.717, 1.165) is 0 Å². The third kappa shape index (κ3) is 2.21. The van der Waals surface area contributed by atoms with Gasteiger partial charge in [-0.15, -0.1) is 11.3 Å². The van der Waals surface area contributed by atoms with Crippen molar-refractivity contribution in [3.63, 3.8) is 0 Å². The van der Waals surface area contributed by atoms with E-state index in [1.54, 1.807) is 11.3 Å². The lowest BCUT2D eigenvalue weighted by molar-refractivity contribution is 0.910. The van der Waals surface area contributed by atoms with Gasteiger partial charge in [-0.3, -0.25) is 0 Å². The monoisotopic (exact) mass is 259 g/mol. The number of hydrogen-bond donors (Lipinski definition) is 1. The quantitative estimate of drug-likeness (QED) is 0.687. The Morgan fingerprint density at radius 1 is 1.18 bits per heavy atom. The normalized spacial score (nSPS) is 12.8. The molecule has 86 valence electrons. The summed E-state index contributed by atoms with van der Waals surface area (Å²) in [6.45, 7) is 2.21. The van der Waals surface area contributed by atoms with Crippen LogP contribution < -0.4 is 5.32 Å². The first-order valence-electron chi connectivity index (χ1n) is 5.60. The second-order valence-corrected chi connectivity index (χ2v) is 5.96. The zero-order valence-electron chi connectivity index (χ0n) is 9.51. The van der Waals surface area contributed by atoms with Crippen LogP contribution in [0.3, 0.4) is 0 Å². The predicted octanol–water partition coefficient (Wildman–Crippen LogP) is 5.14. The van der Waals surface area contributed by atoms with Gasteiger partial charge in [0.25, 0.3) is 0 Å². The number of hydrogen-bond acceptors (Lipinski definition) is 3. The Bertz CT molecular complexity index is 577. The first kappa shape index (κ1) is 10.8. The Kier molecular flexibility index (Phi) is 2.87. The van der Waals surface area contributed by atoms with E-state index < -0.39 is 0 Å². The van der Waals surface area contributed by atoms with Crippen LogP contribution in [0.1, 0.15) is 17.8 Å². The molecule has 0 aliphatic heterocycles. The summed E-state index contributed by atoms with van der Waals surface area (Å²) in [5, 5.41) is 9.10. The van der Waals surface area contributed by atoms with Crippen LogP contribution in [0.4, 0.5) is 5.69 Å². The fourth-order valence-corrected chi connectivity index (χ4v) is 3.55. The van der Waals surface area contributed by atoms with Crippen molar-refractivity contribution >= 4 is 38.4 Å². The lowest BCUT2D eigenvalue weighted by Gasteiger charge is -2.11. The molecule has 1 unspecified atom stereocenters. The van der Waals surface area contributed by atoms with Gasteiger partial charge >= 0.3 is 0 Å². The highest BCUT2D eigenvalue weighted by atomic mass is 32.1. The van der Waals surface area contributed by atoms with E-state index in [1.165, 1.54) is 20.7 Å². The minimum absolute atomic E-state index is 0.363. The standard InChI is InChI=1S/C14H13NS2/c1-10(15-12-6-7-16-9-12)14-8-11-4-2-3-5-13(11)17-14/h2-10,15H,1H3. The van der Waals surface area contributed by atoms with Gasteiger partial charge in [0.1, 0.15) is 0 Å². The van der Waals surface area contributed by atoms with E-state index in [-0.39, 0.29) is 0 Å². The van der Waals surface area contributed by atoms with Crippen molar-refractivity contribution in [3.8, 4) is 0 Å². The zero-order chi connectivity index (χ0) is 11.7. The molecule has 0 amide bonds. The van der Waals surface area contributed by atoms with Gasteiger partial charge in [-0.1, -0.05) is 18.2 Å². The van der Waals surface area contributed by atoms with E-state index in [9.17, 15) is 0 Å². The molecule has 0 radical (unpaired) electrons. The lowest BCUT2D eigenvalue weighted by Crippen LogP contribution is -2.03. The average molecular weight is 259 g/mol. The average Bonchev–Trinajstić information content (AvgIpc) is 2.96. The molecule has 1 aromatic carbocycles. The summed E-state index contributed by atoms with van der Waals surface area (Å²) >= 11 is 3.59. The van der Waals surface area contributed by atoms with Crippen LogP contribution in [0.5, 0.6) is 0 Å². The zero-order valence-corrected chi connectivity index (χ0v) is 11.1. The highest BCUT2D eigenvalue weighted by molar-refractivity contribution is 7.19. The molecular formula is C14H13NS2. The molecule has 17 heavy (non-hydrogen) atoms. The highest BCUT2D eigenvalue weighted by Crippen LogP contribution is 2.31. The maximum atomic E-state index is 3.52. The molecular weight excluding hydrogens is 246 g/mol. The summed E-state index contributed by atoms with van der Waals surface area (Å²) < 4.78 is 1.36. The number of nitrogens with one attached hydrogen (secondary N) is 1. The summed E-state index contributed by atoms with van der Waals surface area (Å²) in [7, 11) is 0. The predicted molar refractivity (Wildman–Crippen MR) is 78.2 cm³/mol. The fraction of sp³-hybridized carbons (Fsp3) is 0.143. The van der Waals surface area contributed by atoms with Gasteiger partial charge in [-0.2, -0.15) is 11.3 Å². The van der Waals surface area contributed by atoms with E-state index >= 15 is 0 Å². The molecule has 0 aliphatic rings. The van der Waals surface area contributed by atoms with Crippen LogP contribution in [0, 0.1) is 0 Å². The van der Waals surface area contributed by atoms with Crippen molar-refractivity contribution < 1.29 is 0 Å². The maximum Gasteiger partial charge on any atom is 0.0579 e. The molecule has 2 heterocycles. The topological polar surface area (TPSA) is 12.0 Å². The Balaban J connectivity index is 1.88. The van der Waals surface area contributed by atoms with Crippen molar-refractivity contribution in [2.75, 3.05) is 5.32 Å². The Morgan fingerprint density at radius 2 is 2.06 bits per heavy atom. The molecule has 0 saturated carbocycles. The number of fused-ring (bicyclic) bond motifs is 1. The van der Waals surface area contributed by atoms with Gasteiger partial charge in [0.2, 0.25) is 0 Å². The molecule has 0 bridgehead atoms. The van der Waals surface area contributed by atoms with Gasteiger partial charge in [0.05, 0.1) is 6.04 Å². The smallest absolute Gasteiger partial charge is 0.0579 e. The Labute approximate surface area is 109 Å². The van der Waals surface area contributed by atoms with Crippen LogP contribution in [0.15, 0.2) is 47.2 Å². The summed E-state index contributed by atoms with van der Waals surface area (Å²) in [6, 6.07) is 13.3. The molecule has 3 heteroatoms. The van der Waals surface area contributed by atoms with Crippen molar-refractivity contribution in [1.29, 1.82) is 0 Å². The number of anilines is 1. The van der Waals surface area contributed by atoms with Gasteiger partial charge in [0.15, 0.2) is 0 Å². The Hall–Kier alpha value is -1.32. The number of rotatable bonds is 3. The van der Waals surface area contributed by atoms with E-state index in [1.807, 2.05) is 11.3 Å². The summed E-state index contributed by atoms with van der Waals surface area (Å²) in [6.07, 6.45) is 0. The van der Waals surface area contributed by atoms with E-state index in [0.29, 0.717) is 6.04 Å². The SMILES string of the molecule is CC(Nc1ccsc1)c1cc2ccccc2s1. The molecule has 3 rings (SSSR count). The summed E-state index contributed by atoms with van der Waals surface area (Å²) in [5.41, 5.74) is 1.21. The van der Waals surface area contributed by atoms with Crippen LogP contribution in [-0.2, 0) is 0 Å². The molecule has 0 spiro atoms. The fourth-order valence-electron chi connectivity index (χ4n) is 1.88. The third-order valence-electron chi connectivity index (χ3n) is 2.78. The van der Waals surface area contributed by atoms with Crippen LogP contribution in [0.25, 0.3) is 10.1 Å². The van der Waals surface area contributed by atoms with E-state index in [4.69, 9.17) is 0 Å². The van der Waals surface area contributed by atoms with Crippen molar-refractivity contribution in [3.05, 3.63) is 52.0 Å². The van der Waals surface area contributed by atoms with Gasteiger partial charge in [-0.05, 0) is 35.9 Å². The molecule has 0 saturated heterocycles. The van der Waals surface area contributed by atoms with E-state index in [2.05, 4.69) is 59.4 Å². The highest BCUT2D eigenvalue weighted by Gasteiger charge is 2.09. The van der Waals surface area contributed by atoms with Crippen molar-refractivity contribution in [2.45, 2.75) is 13.0 Å². The van der Waals surface area contributed by atoms with Crippen molar-refractivity contribution in [2.24, 2.45) is 0 Å². The van der Waals surface area contributed by atoms with Crippen molar-refractivity contribution in [1.82, 2.24) is 0 Å². The molecule has 0 aliphatic carbocycles. The van der Waals surface area contributed by atoms with Crippen LogP contribution in [-0.4, -0.2) is 0 Å². The molecule has 3 aromatic rings. The largest absolute Gasteiger partial charge is 0.377 e. The van der Waals surface area contributed by atoms with Crippen LogP contribution in [0.2, 0.25) is 0 Å². The number of thiophene rings is 2. The van der Waals surface area contributed by atoms with Gasteiger partial charge in [0, 0.05) is 20.6 Å². The second kappa shape index (κ2) is 4.51. The maximum absolute atomic E-state index is 3.52. The van der Waals surface area contributed by atoms with Crippen LogP contribution >= 0.6 is 22.7 Å². The molecule has 2 aromatic heterocycles. The molecule has 0 fully saturated rings. The first-order chi connectivity index (χ1) is 8.33. The number of benzene rings is 1.